The minimum Gasteiger partial charge on any atom is -0.489 e. The number of pyridine rings is 2. The summed E-state index contributed by atoms with van der Waals surface area (Å²) in [6.45, 7) is 3.25. The fourth-order valence-electron chi connectivity index (χ4n) is 3.79. The molecule has 4 rings (SSSR count). The first-order chi connectivity index (χ1) is 17.1. The molecular weight excluding hydrogens is 482 g/mol. The van der Waals surface area contributed by atoms with Crippen molar-refractivity contribution in [3.8, 4) is 17.2 Å². The van der Waals surface area contributed by atoms with Crippen LogP contribution in [0.1, 0.15) is 28.9 Å². The maximum absolute atomic E-state index is 12.7. The number of carbonyl (C=O) groups excluding carboxylic acids is 1. The molecule has 190 valence electrons. The molecular formula is C25H29N5O5S. The number of sulfonamides is 1. The zero-order chi connectivity index (χ0) is 25.9. The summed E-state index contributed by atoms with van der Waals surface area (Å²) in [6.07, 6.45) is 4.23. The van der Waals surface area contributed by atoms with E-state index in [1.807, 2.05) is 31.2 Å². The van der Waals surface area contributed by atoms with Gasteiger partial charge < -0.3 is 20.1 Å². The fourth-order valence-corrected chi connectivity index (χ4v) is 4.65. The highest BCUT2D eigenvalue weighted by Gasteiger charge is 2.27. The lowest BCUT2D eigenvalue weighted by atomic mass is 10.1. The van der Waals surface area contributed by atoms with Crippen molar-refractivity contribution >= 4 is 21.7 Å². The second kappa shape index (κ2) is 10.5. The Labute approximate surface area is 210 Å². The molecule has 0 spiro atoms. The van der Waals surface area contributed by atoms with Crippen LogP contribution in [0.5, 0.6) is 17.2 Å². The normalized spacial score (nSPS) is 14.6. The van der Waals surface area contributed by atoms with Crippen LogP contribution in [0.2, 0.25) is 0 Å². The second-order valence-electron chi connectivity index (χ2n) is 8.74. The predicted molar refractivity (Wildman–Crippen MR) is 135 cm³/mol. The minimum atomic E-state index is -3.68. The summed E-state index contributed by atoms with van der Waals surface area (Å²) >= 11 is 0. The molecule has 1 fully saturated rings. The van der Waals surface area contributed by atoms with Crippen LogP contribution in [-0.2, 0) is 10.0 Å². The summed E-state index contributed by atoms with van der Waals surface area (Å²) < 4.78 is 38.7. The van der Waals surface area contributed by atoms with Gasteiger partial charge in [0.1, 0.15) is 28.2 Å². The highest BCUT2D eigenvalue weighted by Crippen LogP contribution is 2.35. The Hall–Kier alpha value is -3.70. The molecule has 0 unspecified atom stereocenters. The average Bonchev–Trinajstić information content (AvgIpc) is 2.86. The number of amides is 1. The van der Waals surface area contributed by atoms with E-state index in [1.54, 1.807) is 6.07 Å². The summed E-state index contributed by atoms with van der Waals surface area (Å²) in [6, 6.07) is 12.3. The second-order valence-corrected chi connectivity index (χ2v) is 10.9. The van der Waals surface area contributed by atoms with Gasteiger partial charge in [-0.25, -0.2) is 22.7 Å². The van der Waals surface area contributed by atoms with Crippen molar-refractivity contribution in [1.29, 1.82) is 0 Å². The number of nitrogens with two attached hydrogens (primary N) is 1. The topological polar surface area (TPSA) is 128 Å². The Morgan fingerprint density at radius 2 is 1.69 bits per heavy atom. The van der Waals surface area contributed by atoms with Crippen LogP contribution in [0.25, 0.3) is 0 Å². The van der Waals surface area contributed by atoms with Gasteiger partial charge in [-0.1, -0.05) is 17.7 Å². The highest BCUT2D eigenvalue weighted by molar-refractivity contribution is 7.89. The van der Waals surface area contributed by atoms with Gasteiger partial charge in [-0.3, -0.25) is 4.79 Å². The van der Waals surface area contributed by atoms with Crippen LogP contribution >= 0.6 is 0 Å². The minimum absolute atomic E-state index is 0.0441. The summed E-state index contributed by atoms with van der Waals surface area (Å²) in [5.41, 5.74) is 6.51. The molecule has 36 heavy (non-hydrogen) atoms. The average molecular weight is 512 g/mol. The number of hydrogen-bond donors (Lipinski definition) is 1. The van der Waals surface area contributed by atoms with Gasteiger partial charge in [-0.2, -0.15) is 0 Å². The Bertz CT molecular complexity index is 1320. The number of anilines is 1. The molecule has 10 nitrogen and oxygen atoms in total. The Morgan fingerprint density at radius 1 is 1.03 bits per heavy atom. The van der Waals surface area contributed by atoms with Gasteiger partial charge >= 0.3 is 0 Å². The van der Waals surface area contributed by atoms with Crippen LogP contribution < -0.4 is 20.1 Å². The van der Waals surface area contributed by atoms with E-state index >= 15 is 0 Å². The molecule has 1 aliphatic heterocycles. The predicted octanol–water partition coefficient (Wildman–Crippen LogP) is 2.97. The van der Waals surface area contributed by atoms with Crippen molar-refractivity contribution in [2.75, 3.05) is 32.1 Å². The lowest BCUT2D eigenvalue weighted by Gasteiger charge is -2.33. The lowest BCUT2D eigenvalue weighted by Crippen LogP contribution is -2.39. The van der Waals surface area contributed by atoms with Crippen molar-refractivity contribution < 1.29 is 22.7 Å². The summed E-state index contributed by atoms with van der Waals surface area (Å²) in [4.78, 5) is 21.8. The van der Waals surface area contributed by atoms with Gasteiger partial charge in [0.05, 0.1) is 6.20 Å². The van der Waals surface area contributed by atoms with Crippen LogP contribution in [0.4, 0.5) is 5.82 Å². The zero-order valence-electron chi connectivity index (χ0n) is 20.4. The number of aryl methyl sites for hydroxylation is 1. The Kier molecular flexibility index (Phi) is 7.41. The molecule has 1 amide bonds. The highest BCUT2D eigenvalue weighted by atomic mass is 32.2. The smallest absolute Gasteiger partial charge is 0.267 e. The van der Waals surface area contributed by atoms with Gasteiger partial charge in [0.15, 0.2) is 11.6 Å². The fraction of sp³-hybridized carbons (Fsp3) is 0.320. The number of carbonyl (C=O) groups is 1. The third-order valence-electron chi connectivity index (χ3n) is 5.87. The first-order valence-electron chi connectivity index (χ1n) is 11.5. The van der Waals surface area contributed by atoms with E-state index in [4.69, 9.17) is 15.2 Å². The molecule has 2 aromatic heterocycles. The standard InChI is InChI=1S/C25H29N5O5S/c1-17-4-6-18(7-5-17)35-23-14-21(36(32,33)29(2)3)16-28-25(23)30-12-10-19(11-13-30)34-20-8-9-22(24(26)31)27-15-20/h4-9,14-16,19H,10-13H2,1-3H3,(H2,26,31). The summed E-state index contributed by atoms with van der Waals surface area (Å²) in [7, 11) is -0.725. The van der Waals surface area contributed by atoms with E-state index in [-0.39, 0.29) is 16.7 Å². The Morgan fingerprint density at radius 3 is 2.28 bits per heavy atom. The molecule has 0 aliphatic carbocycles. The van der Waals surface area contributed by atoms with Crippen molar-refractivity contribution in [2.24, 2.45) is 5.73 Å². The van der Waals surface area contributed by atoms with Crippen molar-refractivity contribution in [1.82, 2.24) is 14.3 Å². The van der Waals surface area contributed by atoms with E-state index < -0.39 is 15.9 Å². The Balaban J connectivity index is 1.52. The van der Waals surface area contributed by atoms with E-state index in [2.05, 4.69) is 14.9 Å². The first kappa shape index (κ1) is 25.4. The van der Waals surface area contributed by atoms with Crippen LogP contribution in [0.15, 0.2) is 59.8 Å². The number of hydrogen-bond acceptors (Lipinski definition) is 8. The number of piperidine rings is 1. The molecule has 2 N–H and O–H groups in total. The number of benzene rings is 1. The zero-order valence-corrected chi connectivity index (χ0v) is 21.2. The van der Waals surface area contributed by atoms with E-state index in [0.29, 0.717) is 49.0 Å². The molecule has 3 aromatic rings. The molecule has 11 heteroatoms. The molecule has 1 aromatic carbocycles. The number of primary amides is 1. The molecule has 1 aliphatic rings. The largest absolute Gasteiger partial charge is 0.489 e. The monoisotopic (exact) mass is 511 g/mol. The van der Waals surface area contributed by atoms with Crippen molar-refractivity contribution in [2.45, 2.75) is 30.8 Å². The van der Waals surface area contributed by atoms with Crippen LogP contribution in [0.3, 0.4) is 0 Å². The van der Waals surface area contributed by atoms with Crippen molar-refractivity contribution in [3.63, 3.8) is 0 Å². The number of aromatic nitrogens is 2. The molecule has 0 bridgehead atoms. The molecule has 1 saturated heterocycles. The van der Waals surface area contributed by atoms with E-state index in [9.17, 15) is 13.2 Å². The third-order valence-corrected chi connectivity index (χ3v) is 7.65. The molecule has 0 saturated carbocycles. The number of rotatable bonds is 8. The number of ether oxygens (including phenoxy) is 2. The lowest BCUT2D eigenvalue weighted by molar-refractivity contribution is 0.0995. The first-order valence-corrected chi connectivity index (χ1v) is 12.9. The van der Waals surface area contributed by atoms with E-state index in [1.165, 1.54) is 38.6 Å². The number of nitrogens with zero attached hydrogens (tertiary/aromatic N) is 4. The van der Waals surface area contributed by atoms with Crippen molar-refractivity contribution in [3.05, 3.63) is 66.1 Å². The van der Waals surface area contributed by atoms with Gasteiger partial charge in [0.25, 0.3) is 5.91 Å². The molecule has 3 heterocycles. The summed E-state index contributed by atoms with van der Waals surface area (Å²) in [5, 5.41) is 0. The SMILES string of the molecule is Cc1ccc(Oc2cc(S(=O)(=O)N(C)C)cnc2N2CCC(Oc3ccc(C(N)=O)nc3)CC2)cc1. The molecule has 0 atom stereocenters. The maximum Gasteiger partial charge on any atom is 0.267 e. The van der Waals surface area contributed by atoms with E-state index in [0.717, 1.165) is 9.87 Å². The van der Waals surface area contributed by atoms with Gasteiger partial charge in [-0.05, 0) is 31.2 Å². The van der Waals surface area contributed by atoms with Gasteiger partial charge in [-0.15, -0.1) is 0 Å². The molecule has 0 radical (unpaired) electrons. The summed E-state index contributed by atoms with van der Waals surface area (Å²) in [5.74, 6) is 1.51. The van der Waals surface area contributed by atoms with Gasteiger partial charge in [0.2, 0.25) is 10.0 Å². The van der Waals surface area contributed by atoms with Crippen LogP contribution in [-0.4, -0.2) is 61.9 Å². The van der Waals surface area contributed by atoms with Gasteiger partial charge in [0, 0.05) is 52.3 Å². The third kappa shape index (κ3) is 5.74. The van der Waals surface area contributed by atoms with Crippen LogP contribution in [0, 0.1) is 6.92 Å². The maximum atomic E-state index is 12.7. The quantitative estimate of drug-likeness (QED) is 0.489.